The maximum absolute atomic E-state index is 12.7. The highest BCUT2D eigenvalue weighted by Gasteiger charge is 2.37. The van der Waals surface area contributed by atoms with Crippen molar-refractivity contribution in [1.29, 1.82) is 0 Å². The van der Waals surface area contributed by atoms with Gasteiger partial charge in [-0.3, -0.25) is 9.59 Å². The fourth-order valence-electron chi connectivity index (χ4n) is 3.32. The zero-order valence-electron chi connectivity index (χ0n) is 14.0. The van der Waals surface area contributed by atoms with Crippen LogP contribution in [0.4, 0.5) is 5.69 Å². The molecule has 1 atom stereocenters. The molecule has 0 bridgehead atoms. The molecule has 3 rings (SSSR count). The molecule has 1 unspecified atom stereocenters. The van der Waals surface area contributed by atoms with Crippen LogP contribution in [-0.2, 0) is 16.0 Å². The van der Waals surface area contributed by atoms with E-state index in [1.165, 1.54) is 5.56 Å². The van der Waals surface area contributed by atoms with Crippen LogP contribution < -0.4 is 4.90 Å². The largest absolute Gasteiger partial charge is 0.340 e. The van der Waals surface area contributed by atoms with Crippen LogP contribution in [0, 0.1) is 5.92 Å². The SMILES string of the molecule is CCc1ccc(N2CC(C(=O)N3CCN(C)CC3)CC2=O)cc1. The van der Waals surface area contributed by atoms with E-state index in [2.05, 4.69) is 31.0 Å². The second-order valence-electron chi connectivity index (χ2n) is 6.55. The Hall–Kier alpha value is -1.88. The van der Waals surface area contributed by atoms with Crippen LogP contribution in [-0.4, -0.2) is 61.4 Å². The summed E-state index contributed by atoms with van der Waals surface area (Å²) in [6, 6.07) is 8.08. The minimum atomic E-state index is -0.197. The summed E-state index contributed by atoms with van der Waals surface area (Å²) in [6.07, 6.45) is 1.32. The molecule has 1 aromatic carbocycles. The van der Waals surface area contributed by atoms with E-state index in [9.17, 15) is 9.59 Å². The summed E-state index contributed by atoms with van der Waals surface area (Å²) in [4.78, 5) is 30.9. The lowest BCUT2D eigenvalue weighted by atomic mass is 10.1. The predicted molar refractivity (Wildman–Crippen MR) is 90.4 cm³/mol. The Balaban J connectivity index is 1.65. The number of nitrogens with zero attached hydrogens (tertiary/aromatic N) is 3. The Morgan fingerprint density at radius 1 is 1.13 bits per heavy atom. The summed E-state index contributed by atoms with van der Waals surface area (Å²) in [5.41, 5.74) is 2.16. The highest BCUT2D eigenvalue weighted by atomic mass is 16.2. The van der Waals surface area contributed by atoms with E-state index in [-0.39, 0.29) is 17.7 Å². The molecule has 5 heteroatoms. The minimum Gasteiger partial charge on any atom is -0.340 e. The number of aryl methyl sites for hydroxylation is 1. The van der Waals surface area contributed by atoms with Crippen LogP contribution in [0.15, 0.2) is 24.3 Å². The van der Waals surface area contributed by atoms with Gasteiger partial charge in [-0.2, -0.15) is 0 Å². The highest BCUT2D eigenvalue weighted by molar-refractivity contribution is 6.00. The van der Waals surface area contributed by atoms with Crippen molar-refractivity contribution in [2.75, 3.05) is 44.7 Å². The molecule has 0 aliphatic carbocycles. The van der Waals surface area contributed by atoms with Gasteiger partial charge in [0.25, 0.3) is 0 Å². The Morgan fingerprint density at radius 3 is 2.39 bits per heavy atom. The molecule has 2 aliphatic rings. The predicted octanol–water partition coefficient (Wildman–Crippen LogP) is 1.38. The summed E-state index contributed by atoms with van der Waals surface area (Å²) in [5.74, 6) is -0.00221. The van der Waals surface area contributed by atoms with Crippen LogP contribution >= 0.6 is 0 Å². The van der Waals surface area contributed by atoms with Gasteiger partial charge in [-0.05, 0) is 31.2 Å². The number of benzene rings is 1. The normalized spacial score (nSPS) is 22.7. The van der Waals surface area contributed by atoms with Gasteiger partial charge in [0.2, 0.25) is 11.8 Å². The van der Waals surface area contributed by atoms with Gasteiger partial charge in [0.15, 0.2) is 0 Å². The Morgan fingerprint density at radius 2 is 1.78 bits per heavy atom. The smallest absolute Gasteiger partial charge is 0.228 e. The molecular formula is C18H25N3O2. The van der Waals surface area contributed by atoms with Crippen molar-refractivity contribution in [3.63, 3.8) is 0 Å². The molecule has 2 fully saturated rings. The summed E-state index contributed by atoms with van der Waals surface area (Å²) >= 11 is 0. The van der Waals surface area contributed by atoms with Gasteiger partial charge in [0.1, 0.15) is 0 Å². The number of carbonyl (C=O) groups is 2. The van der Waals surface area contributed by atoms with Crippen molar-refractivity contribution in [2.24, 2.45) is 5.92 Å². The molecule has 5 nitrogen and oxygen atoms in total. The third-order valence-corrected chi connectivity index (χ3v) is 4.95. The number of anilines is 1. The Kier molecular flexibility index (Phi) is 4.66. The van der Waals surface area contributed by atoms with E-state index < -0.39 is 0 Å². The second kappa shape index (κ2) is 6.71. The Bertz CT molecular complexity index is 576. The van der Waals surface area contributed by atoms with Crippen LogP contribution in [0.1, 0.15) is 18.9 Å². The maximum atomic E-state index is 12.7. The lowest BCUT2D eigenvalue weighted by Gasteiger charge is -2.33. The van der Waals surface area contributed by atoms with Crippen LogP contribution in [0.5, 0.6) is 0 Å². The molecule has 23 heavy (non-hydrogen) atoms. The Labute approximate surface area is 137 Å². The van der Waals surface area contributed by atoms with Gasteiger partial charge in [-0.15, -0.1) is 0 Å². The zero-order chi connectivity index (χ0) is 16.4. The molecule has 2 amide bonds. The number of hydrogen-bond acceptors (Lipinski definition) is 3. The lowest BCUT2D eigenvalue weighted by molar-refractivity contribution is -0.137. The zero-order valence-corrected chi connectivity index (χ0v) is 14.0. The number of carbonyl (C=O) groups excluding carboxylic acids is 2. The number of likely N-dealkylation sites (N-methyl/N-ethyl adjacent to an activating group) is 1. The third-order valence-electron chi connectivity index (χ3n) is 4.95. The molecule has 0 radical (unpaired) electrons. The monoisotopic (exact) mass is 315 g/mol. The van der Waals surface area contributed by atoms with Crippen molar-refractivity contribution in [3.05, 3.63) is 29.8 Å². The molecule has 0 spiro atoms. The molecular weight excluding hydrogens is 290 g/mol. The first-order valence-electron chi connectivity index (χ1n) is 8.45. The summed E-state index contributed by atoms with van der Waals surface area (Å²) < 4.78 is 0. The summed E-state index contributed by atoms with van der Waals surface area (Å²) in [6.45, 7) is 5.98. The molecule has 2 saturated heterocycles. The fraction of sp³-hybridized carbons (Fsp3) is 0.556. The van der Waals surface area contributed by atoms with E-state index in [1.807, 2.05) is 17.0 Å². The minimum absolute atomic E-state index is 0.0572. The van der Waals surface area contributed by atoms with Crippen molar-refractivity contribution in [3.8, 4) is 0 Å². The van der Waals surface area contributed by atoms with Crippen molar-refractivity contribution >= 4 is 17.5 Å². The molecule has 1 aromatic rings. The summed E-state index contributed by atoms with van der Waals surface area (Å²) in [7, 11) is 2.07. The van der Waals surface area contributed by atoms with Crippen molar-refractivity contribution < 1.29 is 9.59 Å². The van der Waals surface area contributed by atoms with Crippen LogP contribution in [0.25, 0.3) is 0 Å². The quantitative estimate of drug-likeness (QED) is 0.846. The van der Waals surface area contributed by atoms with E-state index in [4.69, 9.17) is 0 Å². The molecule has 0 aromatic heterocycles. The third kappa shape index (κ3) is 3.39. The topological polar surface area (TPSA) is 43.9 Å². The number of hydrogen-bond donors (Lipinski definition) is 0. The van der Waals surface area contributed by atoms with Gasteiger partial charge in [-0.25, -0.2) is 0 Å². The molecule has 0 N–H and O–H groups in total. The number of piperazine rings is 1. The van der Waals surface area contributed by atoms with Crippen molar-refractivity contribution in [2.45, 2.75) is 19.8 Å². The average Bonchev–Trinajstić information content (AvgIpc) is 2.97. The first-order chi connectivity index (χ1) is 11.1. The van der Waals surface area contributed by atoms with E-state index >= 15 is 0 Å². The lowest BCUT2D eigenvalue weighted by Crippen LogP contribution is -2.49. The fourth-order valence-corrected chi connectivity index (χ4v) is 3.32. The van der Waals surface area contributed by atoms with E-state index in [0.717, 1.165) is 38.3 Å². The standard InChI is InChI=1S/C18H25N3O2/c1-3-14-4-6-16(7-5-14)21-13-15(12-17(21)22)18(23)20-10-8-19(2)9-11-20/h4-7,15H,3,8-13H2,1-2H3. The molecule has 0 saturated carbocycles. The first kappa shape index (κ1) is 16.0. The summed E-state index contributed by atoms with van der Waals surface area (Å²) in [5, 5.41) is 0. The van der Waals surface area contributed by atoms with Crippen molar-refractivity contribution in [1.82, 2.24) is 9.80 Å². The van der Waals surface area contributed by atoms with Gasteiger partial charge in [-0.1, -0.05) is 19.1 Å². The number of rotatable bonds is 3. The van der Waals surface area contributed by atoms with Crippen LogP contribution in [0.2, 0.25) is 0 Å². The van der Waals surface area contributed by atoms with Gasteiger partial charge < -0.3 is 14.7 Å². The van der Waals surface area contributed by atoms with E-state index in [0.29, 0.717) is 13.0 Å². The molecule has 2 aliphatic heterocycles. The highest BCUT2D eigenvalue weighted by Crippen LogP contribution is 2.27. The second-order valence-corrected chi connectivity index (χ2v) is 6.55. The molecule has 2 heterocycles. The number of amides is 2. The van der Waals surface area contributed by atoms with Gasteiger partial charge in [0.05, 0.1) is 5.92 Å². The molecule has 124 valence electrons. The van der Waals surface area contributed by atoms with E-state index in [1.54, 1.807) is 4.90 Å². The first-order valence-corrected chi connectivity index (χ1v) is 8.45. The maximum Gasteiger partial charge on any atom is 0.228 e. The van der Waals surface area contributed by atoms with Gasteiger partial charge >= 0.3 is 0 Å². The van der Waals surface area contributed by atoms with Crippen LogP contribution in [0.3, 0.4) is 0 Å². The average molecular weight is 315 g/mol. The van der Waals surface area contributed by atoms with Gasteiger partial charge in [0, 0.05) is 44.8 Å².